The SMILES string of the molecule is CCOCCCN(CC(C)C(=O)OC)C(=O)Nc1ccccc1. The monoisotopic (exact) mass is 322 g/mol. The minimum absolute atomic E-state index is 0.233. The van der Waals surface area contributed by atoms with Gasteiger partial charge in [-0.15, -0.1) is 0 Å². The van der Waals surface area contributed by atoms with E-state index in [2.05, 4.69) is 5.32 Å². The summed E-state index contributed by atoms with van der Waals surface area (Å²) >= 11 is 0. The molecule has 0 saturated carbocycles. The van der Waals surface area contributed by atoms with Gasteiger partial charge in [0, 0.05) is 32.0 Å². The van der Waals surface area contributed by atoms with Gasteiger partial charge in [-0.2, -0.15) is 0 Å². The van der Waals surface area contributed by atoms with Crippen LogP contribution in [0.3, 0.4) is 0 Å². The van der Waals surface area contributed by atoms with Crippen LogP contribution < -0.4 is 5.32 Å². The third kappa shape index (κ3) is 7.15. The summed E-state index contributed by atoms with van der Waals surface area (Å²) in [5.74, 6) is -0.707. The number of anilines is 1. The second kappa shape index (κ2) is 10.6. The Hall–Kier alpha value is -2.08. The maximum absolute atomic E-state index is 12.4. The maximum atomic E-state index is 12.4. The van der Waals surface area contributed by atoms with Gasteiger partial charge in [0.15, 0.2) is 0 Å². The molecular formula is C17H26N2O4. The van der Waals surface area contributed by atoms with Crippen LogP contribution in [0.4, 0.5) is 10.5 Å². The Morgan fingerprint density at radius 3 is 2.57 bits per heavy atom. The Morgan fingerprint density at radius 1 is 1.26 bits per heavy atom. The number of nitrogens with zero attached hydrogens (tertiary/aromatic N) is 1. The van der Waals surface area contributed by atoms with Crippen molar-refractivity contribution in [1.82, 2.24) is 4.90 Å². The molecule has 1 unspecified atom stereocenters. The summed E-state index contributed by atoms with van der Waals surface area (Å²) in [4.78, 5) is 25.7. The number of ether oxygens (including phenoxy) is 2. The number of amides is 2. The van der Waals surface area contributed by atoms with E-state index in [1.807, 2.05) is 37.3 Å². The number of carbonyl (C=O) groups excluding carboxylic acids is 2. The van der Waals surface area contributed by atoms with E-state index in [4.69, 9.17) is 9.47 Å². The number of carbonyl (C=O) groups is 2. The number of benzene rings is 1. The van der Waals surface area contributed by atoms with Gasteiger partial charge in [0.1, 0.15) is 0 Å². The van der Waals surface area contributed by atoms with Crippen LogP contribution in [0.2, 0.25) is 0 Å². The predicted molar refractivity (Wildman–Crippen MR) is 89.3 cm³/mol. The Kier molecular flexibility index (Phi) is 8.75. The van der Waals surface area contributed by atoms with E-state index in [0.29, 0.717) is 32.7 Å². The lowest BCUT2D eigenvalue weighted by molar-refractivity contribution is -0.145. The molecule has 6 nitrogen and oxygen atoms in total. The minimum atomic E-state index is -0.381. The highest BCUT2D eigenvalue weighted by atomic mass is 16.5. The number of hydrogen-bond acceptors (Lipinski definition) is 4. The van der Waals surface area contributed by atoms with Crippen LogP contribution in [-0.2, 0) is 14.3 Å². The Bertz CT molecular complexity index is 479. The Balaban J connectivity index is 2.64. The van der Waals surface area contributed by atoms with E-state index in [1.165, 1.54) is 7.11 Å². The molecule has 0 aliphatic carbocycles. The summed E-state index contributed by atoms with van der Waals surface area (Å²) in [5, 5.41) is 2.84. The highest BCUT2D eigenvalue weighted by molar-refractivity contribution is 5.89. The van der Waals surface area contributed by atoms with Crippen molar-refractivity contribution >= 4 is 17.7 Å². The van der Waals surface area contributed by atoms with Gasteiger partial charge in [-0.05, 0) is 25.5 Å². The largest absolute Gasteiger partial charge is 0.469 e. The molecule has 128 valence electrons. The first-order valence-electron chi connectivity index (χ1n) is 7.85. The number of esters is 1. The molecule has 1 aromatic rings. The van der Waals surface area contributed by atoms with Crippen LogP contribution in [0.1, 0.15) is 20.3 Å². The van der Waals surface area contributed by atoms with E-state index in [1.54, 1.807) is 11.8 Å². The third-order valence-electron chi connectivity index (χ3n) is 3.33. The van der Waals surface area contributed by atoms with Gasteiger partial charge in [0.25, 0.3) is 0 Å². The number of hydrogen-bond donors (Lipinski definition) is 1. The van der Waals surface area contributed by atoms with Crippen LogP contribution in [-0.4, -0.2) is 50.3 Å². The van der Waals surface area contributed by atoms with Crippen molar-refractivity contribution in [3.05, 3.63) is 30.3 Å². The first kappa shape index (κ1) is 19.0. The Labute approximate surface area is 137 Å². The van der Waals surface area contributed by atoms with Crippen molar-refractivity contribution in [3.63, 3.8) is 0 Å². The van der Waals surface area contributed by atoms with E-state index >= 15 is 0 Å². The fraction of sp³-hybridized carbons (Fsp3) is 0.529. The Morgan fingerprint density at radius 2 is 1.96 bits per heavy atom. The van der Waals surface area contributed by atoms with Crippen LogP contribution in [0.25, 0.3) is 0 Å². The van der Waals surface area contributed by atoms with Crippen LogP contribution in [0, 0.1) is 5.92 Å². The van der Waals surface area contributed by atoms with Gasteiger partial charge < -0.3 is 19.7 Å². The fourth-order valence-electron chi connectivity index (χ4n) is 2.11. The van der Waals surface area contributed by atoms with E-state index in [0.717, 1.165) is 5.69 Å². The minimum Gasteiger partial charge on any atom is -0.469 e. The molecule has 6 heteroatoms. The molecule has 0 fully saturated rings. The number of para-hydroxylation sites is 1. The van der Waals surface area contributed by atoms with Gasteiger partial charge >= 0.3 is 12.0 Å². The lowest BCUT2D eigenvalue weighted by atomic mass is 10.1. The van der Waals surface area contributed by atoms with E-state index < -0.39 is 0 Å². The molecule has 0 spiro atoms. The highest BCUT2D eigenvalue weighted by Gasteiger charge is 2.21. The van der Waals surface area contributed by atoms with Gasteiger partial charge in [0.05, 0.1) is 13.0 Å². The van der Waals surface area contributed by atoms with Crippen molar-refractivity contribution in [2.75, 3.05) is 38.7 Å². The summed E-state index contributed by atoms with van der Waals surface area (Å²) in [6.45, 7) is 5.72. The third-order valence-corrected chi connectivity index (χ3v) is 3.33. The van der Waals surface area contributed by atoms with Crippen molar-refractivity contribution in [2.24, 2.45) is 5.92 Å². The standard InChI is InChI=1S/C17H26N2O4/c1-4-23-12-8-11-19(13-14(2)16(20)22-3)17(21)18-15-9-6-5-7-10-15/h5-7,9-10,14H,4,8,11-13H2,1-3H3,(H,18,21). The molecule has 0 aromatic heterocycles. The van der Waals surface area contributed by atoms with E-state index in [9.17, 15) is 9.59 Å². The summed E-state index contributed by atoms with van der Waals surface area (Å²) in [6, 6.07) is 9.00. The average Bonchev–Trinajstić information content (AvgIpc) is 2.57. The quantitative estimate of drug-likeness (QED) is 0.561. The van der Waals surface area contributed by atoms with Gasteiger partial charge in [0.2, 0.25) is 0 Å². The zero-order valence-corrected chi connectivity index (χ0v) is 14.1. The fourth-order valence-corrected chi connectivity index (χ4v) is 2.11. The molecule has 0 bridgehead atoms. The second-order valence-electron chi connectivity index (χ2n) is 5.22. The summed E-state index contributed by atoms with van der Waals surface area (Å²) in [5.41, 5.74) is 0.720. The topological polar surface area (TPSA) is 67.9 Å². The van der Waals surface area contributed by atoms with Gasteiger partial charge in [-0.1, -0.05) is 25.1 Å². The zero-order valence-electron chi connectivity index (χ0n) is 14.1. The molecule has 1 atom stereocenters. The molecule has 1 aromatic carbocycles. The lowest BCUT2D eigenvalue weighted by Gasteiger charge is -2.25. The van der Waals surface area contributed by atoms with E-state index in [-0.39, 0.29) is 17.9 Å². The summed E-state index contributed by atoms with van der Waals surface area (Å²) < 4.78 is 10.0. The zero-order chi connectivity index (χ0) is 17.1. The number of urea groups is 1. The number of nitrogens with one attached hydrogen (secondary N) is 1. The molecule has 2 amide bonds. The molecule has 1 rings (SSSR count). The highest BCUT2D eigenvalue weighted by Crippen LogP contribution is 2.09. The van der Waals surface area contributed by atoms with Gasteiger partial charge in [-0.3, -0.25) is 4.79 Å². The average molecular weight is 322 g/mol. The molecule has 1 N–H and O–H groups in total. The van der Waals surface area contributed by atoms with Crippen molar-refractivity contribution in [1.29, 1.82) is 0 Å². The van der Waals surface area contributed by atoms with Crippen LogP contribution >= 0.6 is 0 Å². The summed E-state index contributed by atoms with van der Waals surface area (Å²) in [7, 11) is 1.35. The normalized spacial score (nSPS) is 11.6. The summed E-state index contributed by atoms with van der Waals surface area (Å²) in [6.07, 6.45) is 0.712. The molecule has 0 radical (unpaired) electrons. The molecular weight excluding hydrogens is 296 g/mol. The lowest BCUT2D eigenvalue weighted by Crippen LogP contribution is -2.40. The number of methoxy groups -OCH3 is 1. The molecule has 23 heavy (non-hydrogen) atoms. The van der Waals surface area contributed by atoms with Crippen molar-refractivity contribution in [3.8, 4) is 0 Å². The predicted octanol–water partition coefficient (Wildman–Crippen LogP) is 2.76. The first-order chi connectivity index (χ1) is 11.1. The maximum Gasteiger partial charge on any atom is 0.321 e. The first-order valence-corrected chi connectivity index (χ1v) is 7.85. The van der Waals surface area contributed by atoms with Gasteiger partial charge in [-0.25, -0.2) is 4.79 Å². The smallest absolute Gasteiger partial charge is 0.321 e. The van der Waals surface area contributed by atoms with Crippen LogP contribution in [0.15, 0.2) is 30.3 Å². The van der Waals surface area contributed by atoms with Crippen molar-refractivity contribution < 1.29 is 19.1 Å². The molecule has 0 heterocycles. The number of rotatable bonds is 9. The van der Waals surface area contributed by atoms with Crippen molar-refractivity contribution in [2.45, 2.75) is 20.3 Å². The van der Waals surface area contributed by atoms with Crippen LogP contribution in [0.5, 0.6) is 0 Å². The molecule has 0 aliphatic rings. The molecule has 0 aliphatic heterocycles. The molecule has 0 saturated heterocycles. The second-order valence-corrected chi connectivity index (χ2v) is 5.22.